The van der Waals surface area contributed by atoms with Gasteiger partial charge in [0.25, 0.3) is 11.8 Å². The minimum absolute atomic E-state index is 0.0189. The Morgan fingerprint density at radius 2 is 1.56 bits per heavy atom. The van der Waals surface area contributed by atoms with E-state index in [1.54, 1.807) is 47.4 Å². The first-order valence-electron chi connectivity index (χ1n) is 15.2. The van der Waals surface area contributed by atoms with E-state index in [0.29, 0.717) is 36.9 Å². The summed E-state index contributed by atoms with van der Waals surface area (Å²) in [7, 11) is -3.93. The largest absolute Gasteiger partial charge is 0.481 e. The Balaban J connectivity index is 1.09. The number of imide groups is 1. The highest BCUT2D eigenvalue weighted by Gasteiger charge is 2.41. The second-order valence-electron chi connectivity index (χ2n) is 12.1. The molecule has 11 heteroatoms. The number of hydrogen-bond donors (Lipinski definition) is 2. The van der Waals surface area contributed by atoms with Crippen LogP contribution in [0.5, 0.6) is 0 Å². The molecule has 1 saturated heterocycles. The van der Waals surface area contributed by atoms with E-state index in [2.05, 4.69) is 4.72 Å². The molecule has 234 valence electrons. The quantitative estimate of drug-likeness (QED) is 0.293. The van der Waals surface area contributed by atoms with Crippen molar-refractivity contribution in [1.82, 2.24) is 14.5 Å². The molecule has 3 amide bonds. The standard InChI is InChI=1S/C34H35N3O7S/c38-31(39)19-26-17-27(36(32(26)40)14-6-9-22-7-2-1-3-8-22)20-35-45(43,44)28-13-12-24-15-23(16-25(24)18-28)21-37-33(41)29-10-4-5-11-30(29)34(37)42/h1-5,7-8,10-13,18,23,26-27,35H,6,9,14-17,19-21H2,(H,38,39)/t23?,26-,27-/m0/s1. The maximum atomic E-state index is 13.4. The summed E-state index contributed by atoms with van der Waals surface area (Å²) in [5.41, 5.74) is 3.79. The van der Waals surface area contributed by atoms with Crippen molar-refractivity contribution in [1.29, 1.82) is 0 Å². The van der Waals surface area contributed by atoms with Crippen molar-refractivity contribution in [3.05, 3.63) is 101 Å². The lowest BCUT2D eigenvalue weighted by atomic mass is 10.0. The molecule has 45 heavy (non-hydrogen) atoms. The lowest BCUT2D eigenvalue weighted by Gasteiger charge is -2.25. The zero-order valence-electron chi connectivity index (χ0n) is 24.7. The van der Waals surface area contributed by atoms with Gasteiger partial charge >= 0.3 is 5.97 Å². The van der Waals surface area contributed by atoms with Gasteiger partial charge in [0.2, 0.25) is 15.9 Å². The van der Waals surface area contributed by atoms with Crippen molar-refractivity contribution in [2.45, 2.75) is 49.5 Å². The van der Waals surface area contributed by atoms with Gasteiger partial charge < -0.3 is 10.0 Å². The molecule has 6 rings (SSSR count). The van der Waals surface area contributed by atoms with E-state index in [0.717, 1.165) is 23.1 Å². The molecular weight excluding hydrogens is 594 g/mol. The molecule has 2 N–H and O–H groups in total. The van der Waals surface area contributed by atoms with Crippen LogP contribution in [-0.4, -0.2) is 72.7 Å². The number of fused-ring (bicyclic) bond motifs is 2. The minimum Gasteiger partial charge on any atom is -0.481 e. The zero-order chi connectivity index (χ0) is 31.7. The van der Waals surface area contributed by atoms with Gasteiger partial charge in [0.15, 0.2) is 0 Å². The second-order valence-corrected chi connectivity index (χ2v) is 13.9. The smallest absolute Gasteiger partial charge is 0.304 e. The van der Waals surface area contributed by atoms with Gasteiger partial charge in [0.05, 0.1) is 28.4 Å². The predicted octanol–water partition coefficient (Wildman–Crippen LogP) is 3.30. The van der Waals surface area contributed by atoms with E-state index in [1.165, 1.54) is 4.90 Å². The van der Waals surface area contributed by atoms with Gasteiger partial charge in [0, 0.05) is 25.7 Å². The number of hydrogen-bond acceptors (Lipinski definition) is 6. The third-order valence-corrected chi connectivity index (χ3v) is 10.5. The molecule has 0 aromatic heterocycles. The molecule has 0 spiro atoms. The van der Waals surface area contributed by atoms with E-state index in [-0.39, 0.29) is 54.5 Å². The normalized spacial score (nSPS) is 21.0. The predicted molar refractivity (Wildman–Crippen MR) is 165 cm³/mol. The number of benzene rings is 3. The number of carbonyl (C=O) groups excluding carboxylic acids is 3. The highest BCUT2D eigenvalue weighted by atomic mass is 32.2. The van der Waals surface area contributed by atoms with Crippen LogP contribution in [0.15, 0.2) is 77.7 Å². The topological polar surface area (TPSA) is 141 Å². The SMILES string of the molecule is O=C(O)C[C@@H]1C[C@@H](CNS(=O)(=O)c2ccc3c(c2)CC(CN2C(=O)c4ccccc4C2=O)C3)N(CCCc2ccccc2)C1=O. The van der Waals surface area contributed by atoms with Crippen LogP contribution >= 0.6 is 0 Å². The van der Waals surface area contributed by atoms with Gasteiger partial charge in [-0.15, -0.1) is 0 Å². The molecule has 0 radical (unpaired) electrons. The third kappa shape index (κ3) is 6.41. The highest BCUT2D eigenvalue weighted by Crippen LogP contribution is 2.32. The number of rotatable bonds is 12. The molecule has 0 bridgehead atoms. The Kier molecular flexibility index (Phi) is 8.56. The van der Waals surface area contributed by atoms with Gasteiger partial charge in [-0.1, -0.05) is 48.5 Å². The summed E-state index contributed by atoms with van der Waals surface area (Å²) in [6.45, 7) is 0.646. The fraction of sp³-hybridized carbons (Fsp3) is 0.353. The number of aryl methyl sites for hydroxylation is 1. The fourth-order valence-electron chi connectivity index (χ4n) is 6.87. The van der Waals surface area contributed by atoms with Crippen LogP contribution in [0.4, 0.5) is 0 Å². The van der Waals surface area contributed by atoms with Crippen LogP contribution in [0.2, 0.25) is 0 Å². The molecular formula is C34H35N3O7S. The third-order valence-electron chi connectivity index (χ3n) is 9.09. The van der Waals surface area contributed by atoms with Gasteiger partial charge in [0.1, 0.15) is 0 Å². The van der Waals surface area contributed by atoms with Crippen LogP contribution in [-0.2, 0) is 38.9 Å². The Morgan fingerprint density at radius 3 is 2.24 bits per heavy atom. The number of carbonyl (C=O) groups is 4. The van der Waals surface area contributed by atoms with Crippen molar-refractivity contribution in [2.75, 3.05) is 19.6 Å². The summed E-state index contributed by atoms with van der Waals surface area (Å²) in [6, 6.07) is 21.1. The van der Waals surface area contributed by atoms with E-state index >= 15 is 0 Å². The van der Waals surface area contributed by atoms with Crippen molar-refractivity contribution < 1.29 is 32.7 Å². The summed E-state index contributed by atoms with van der Waals surface area (Å²) in [5, 5.41) is 9.32. The number of aliphatic carboxylic acids is 1. The first kappa shape index (κ1) is 30.7. The van der Waals surface area contributed by atoms with Gasteiger partial charge in [-0.3, -0.25) is 24.1 Å². The summed E-state index contributed by atoms with van der Waals surface area (Å²) in [6.07, 6.45) is 2.56. The maximum absolute atomic E-state index is 13.4. The maximum Gasteiger partial charge on any atom is 0.304 e. The number of carboxylic acids is 1. The number of nitrogens with one attached hydrogen (secondary N) is 1. The molecule has 10 nitrogen and oxygen atoms in total. The molecule has 3 aromatic carbocycles. The Labute approximate surface area is 262 Å². The molecule has 2 heterocycles. The van der Waals surface area contributed by atoms with Crippen LogP contribution in [0, 0.1) is 11.8 Å². The summed E-state index contributed by atoms with van der Waals surface area (Å²) in [5.74, 6) is -2.62. The first-order chi connectivity index (χ1) is 21.6. The summed E-state index contributed by atoms with van der Waals surface area (Å²) < 4.78 is 29.5. The minimum atomic E-state index is -3.93. The number of nitrogens with zero attached hydrogens (tertiary/aromatic N) is 2. The molecule has 1 unspecified atom stereocenters. The molecule has 3 aromatic rings. The monoisotopic (exact) mass is 629 g/mol. The highest BCUT2D eigenvalue weighted by molar-refractivity contribution is 7.89. The van der Waals surface area contributed by atoms with E-state index in [1.807, 2.05) is 30.3 Å². The van der Waals surface area contributed by atoms with Gasteiger partial charge in [-0.05, 0) is 79.0 Å². The molecule has 1 aliphatic carbocycles. The number of amides is 3. The van der Waals surface area contributed by atoms with Crippen LogP contribution in [0.1, 0.15) is 56.7 Å². The molecule has 1 fully saturated rings. The molecule has 2 aliphatic heterocycles. The van der Waals surface area contributed by atoms with Crippen molar-refractivity contribution in [3.8, 4) is 0 Å². The second kappa shape index (κ2) is 12.6. The van der Waals surface area contributed by atoms with Crippen molar-refractivity contribution in [3.63, 3.8) is 0 Å². The molecule has 0 saturated carbocycles. The van der Waals surface area contributed by atoms with Crippen molar-refractivity contribution >= 4 is 33.7 Å². The van der Waals surface area contributed by atoms with Crippen LogP contribution in [0.3, 0.4) is 0 Å². The lowest BCUT2D eigenvalue weighted by Crippen LogP contribution is -2.42. The molecule has 3 aliphatic rings. The zero-order valence-corrected chi connectivity index (χ0v) is 25.5. The van der Waals surface area contributed by atoms with E-state index in [4.69, 9.17) is 0 Å². The van der Waals surface area contributed by atoms with Crippen LogP contribution < -0.4 is 4.72 Å². The summed E-state index contributed by atoms with van der Waals surface area (Å²) >= 11 is 0. The Bertz CT molecular complexity index is 1720. The Morgan fingerprint density at radius 1 is 0.889 bits per heavy atom. The number of sulfonamides is 1. The van der Waals surface area contributed by atoms with E-state index in [9.17, 15) is 32.7 Å². The van der Waals surface area contributed by atoms with Gasteiger partial charge in [-0.25, -0.2) is 13.1 Å². The average Bonchev–Trinajstić information content (AvgIpc) is 3.64. The number of carboxylic acid groups (broad SMARTS) is 1. The lowest BCUT2D eigenvalue weighted by molar-refractivity contribution is -0.142. The Hall–Kier alpha value is -4.35. The molecule has 3 atom stereocenters. The first-order valence-corrected chi connectivity index (χ1v) is 16.7. The number of likely N-dealkylation sites (tertiary alicyclic amines) is 1. The van der Waals surface area contributed by atoms with E-state index < -0.39 is 28.0 Å². The van der Waals surface area contributed by atoms with Gasteiger partial charge in [-0.2, -0.15) is 0 Å². The van der Waals surface area contributed by atoms with Crippen LogP contribution in [0.25, 0.3) is 0 Å². The summed E-state index contributed by atoms with van der Waals surface area (Å²) in [4.78, 5) is 53.2. The fourth-order valence-corrected chi connectivity index (χ4v) is 7.99. The average molecular weight is 630 g/mol. The van der Waals surface area contributed by atoms with Crippen molar-refractivity contribution in [2.24, 2.45) is 11.8 Å².